The van der Waals surface area contributed by atoms with Gasteiger partial charge in [-0.3, -0.25) is 4.79 Å². The minimum atomic E-state index is 0.0767. The molecular formula is C14H16Cl2O. The Bertz CT molecular complexity index is 430. The highest BCUT2D eigenvalue weighted by molar-refractivity contribution is 6.42. The second-order valence-corrected chi connectivity index (χ2v) is 4.65. The largest absolute Gasteiger partial charge is 0.294 e. The van der Waals surface area contributed by atoms with Crippen LogP contribution in [0.3, 0.4) is 0 Å². The molecule has 0 aliphatic heterocycles. The molecule has 1 aromatic carbocycles. The SMILES string of the molecule is CCC(=CC(=O)Cc1cccc(Cl)c1Cl)CC. The normalized spacial score (nSPS) is 10.1. The Hall–Kier alpha value is -0.790. The number of hydrogen-bond donors (Lipinski definition) is 0. The number of benzene rings is 1. The zero-order valence-corrected chi connectivity index (χ0v) is 11.6. The molecule has 1 rings (SSSR count). The maximum atomic E-state index is 11.8. The zero-order chi connectivity index (χ0) is 12.8. The van der Waals surface area contributed by atoms with Crippen molar-refractivity contribution in [3.05, 3.63) is 45.5 Å². The molecule has 3 heteroatoms. The number of carbonyl (C=O) groups is 1. The molecule has 0 unspecified atom stereocenters. The molecule has 0 radical (unpaired) electrons. The van der Waals surface area contributed by atoms with E-state index in [-0.39, 0.29) is 5.78 Å². The lowest BCUT2D eigenvalue weighted by Gasteiger charge is -2.04. The van der Waals surface area contributed by atoms with Crippen LogP contribution in [-0.4, -0.2) is 5.78 Å². The monoisotopic (exact) mass is 270 g/mol. The van der Waals surface area contributed by atoms with Gasteiger partial charge < -0.3 is 0 Å². The Morgan fingerprint density at radius 3 is 2.47 bits per heavy atom. The Labute approximate surface area is 112 Å². The molecule has 0 spiro atoms. The summed E-state index contributed by atoms with van der Waals surface area (Å²) in [6.45, 7) is 4.10. The maximum absolute atomic E-state index is 11.8. The molecule has 0 aliphatic carbocycles. The molecule has 0 N–H and O–H groups in total. The van der Waals surface area contributed by atoms with Gasteiger partial charge in [-0.15, -0.1) is 0 Å². The molecule has 0 heterocycles. The van der Waals surface area contributed by atoms with E-state index in [0.29, 0.717) is 16.5 Å². The van der Waals surface area contributed by atoms with E-state index in [1.54, 1.807) is 18.2 Å². The van der Waals surface area contributed by atoms with Gasteiger partial charge in [0.1, 0.15) is 0 Å². The quantitative estimate of drug-likeness (QED) is 0.699. The van der Waals surface area contributed by atoms with Crippen molar-refractivity contribution in [3.63, 3.8) is 0 Å². The highest BCUT2D eigenvalue weighted by Crippen LogP contribution is 2.26. The first-order chi connectivity index (χ1) is 8.08. The summed E-state index contributed by atoms with van der Waals surface area (Å²) < 4.78 is 0. The first-order valence-corrected chi connectivity index (χ1v) is 6.49. The molecule has 1 nitrogen and oxygen atoms in total. The summed E-state index contributed by atoms with van der Waals surface area (Å²) >= 11 is 11.9. The fourth-order valence-corrected chi connectivity index (χ4v) is 1.99. The van der Waals surface area contributed by atoms with E-state index >= 15 is 0 Å². The molecule has 0 bridgehead atoms. The highest BCUT2D eigenvalue weighted by Gasteiger charge is 2.08. The standard InChI is InChI=1S/C14H16Cl2O/c1-3-10(4-2)8-12(17)9-11-6-5-7-13(15)14(11)16/h5-8H,3-4,9H2,1-2H3. The molecule has 92 valence electrons. The van der Waals surface area contributed by atoms with Gasteiger partial charge in [-0.1, -0.05) is 54.8 Å². The third-order valence-electron chi connectivity index (χ3n) is 2.67. The van der Waals surface area contributed by atoms with Gasteiger partial charge >= 0.3 is 0 Å². The van der Waals surface area contributed by atoms with E-state index in [4.69, 9.17) is 23.2 Å². The van der Waals surface area contributed by atoms with Crippen molar-refractivity contribution < 1.29 is 4.79 Å². The molecule has 0 atom stereocenters. The van der Waals surface area contributed by atoms with Crippen LogP contribution in [0.25, 0.3) is 0 Å². The van der Waals surface area contributed by atoms with Gasteiger partial charge in [-0.25, -0.2) is 0 Å². The van der Waals surface area contributed by atoms with Gasteiger partial charge in [-0.05, 0) is 30.5 Å². The van der Waals surface area contributed by atoms with Crippen molar-refractivity contribution in [1.82, 2.24) is 0 Å². The lowest BCUT2D eigenvalue weighted by molar-refractivity contribution is -0.114. The van der Waals surface area contributed by atoms with Crippen LogP contribution in [0, 0.1) is 0 Å². The summed E-state index contributed by atoms with van der Waals surface area (Å²) in [6.07, 6.45) is 3.84. The summed E-state index contributed by atoms with van der Waals surface area (Å²) in [6, 6.07) is 5.36. The van der Waals surface area contributed by atoms with Gasteiger partial charge in [0.2, 0.25) is 0 Å². The number of allylic oxidation sites excluding steroid dienone is 2. The Morgan fingerprint density at radius 1 is 1.24 bits per heavy atom. The van der Waals surface area contributed by atoms with Crippen LogP contribution in [-0.2, 0) is 11.2 Å². The van der Waals surface area contributed by atoms with Crippen LogP contribution in [0.4, 0.5) is 0 Å². The number of hydrogen-bond acceptors (Lipinski definition) is 1. The summed E-state index contributed by atoms with van der Waals surface area (Å²) in [5.41, 5.74) is 1.94. The second kappa shape index (κ2) is 6.83. The van der Waals surface area contributed by atoms with Crippen molar-refractivity contribution in [3.8, 4) is 0 Å². The summed E-state index contributed by atoms with van der Waals surface area (Å²) in [5.74, 6) is 0.0767. The van der Waals surface area contributed by atoms with Crippen LogP contribution in [0.5, 0.6) is 0 Å². The number of ketones is 1. The molecular weight excluding hydrogens is 255 g/mol. The summed E-state index contributed by atoms with van der Waals surface area (Å²) in [5, 5.41) is 0.970. The van der Waals surface area contributed by atoms with E-state index in [0.717, 1.165) is 24.0 Å². The van der Waals surface area contributed by atoms with Crippen LogP contribution >= 0.6 is 23.2 Å². The molecule has 0 fully saturated rings. The van der Waals surface area contributed by atoms with Crippen molar-refractivity contribution in [2.24, 2.45) is 0 Å². The minimum absolute atomic E-state index is 0.0767. The van der Waals surface area contributed by atoms with Gasteiger partial charge in [0.25, 0.3) is 0 Å². The van der Waals surface area contributed by atoms with E-state index in [9.17, 15) is 4.79 Å². The van der Waals surface area contributed by atoms with Crippen LogP contribution in [0.2, 0.25) is 10.0 Å². The highest BCUT2D eigenvalue weighted by atomic mass is 35.5. The predicted octanol–water partition coefficient (Wildman–Crippen LogP) is 4.85. The Morgan fingerprint density at radius 2 is 1.88 bits per heavy atom. The number of halogens is 2. The molecule has 0 aromatic heterocycles. The Balaban J connectivity index is 2.82. The van der Waals surface area contributed by atoms with E-state index in [1.807, 2.05) is 6.07 Å². The van der Waals surface area contributed by atoms with Crippen molar-refractivity contribution in [2.75, 3.05) is 0 Å². The van der Waals surface area contributed by atoms with Crippen LogP contribution in [0.1, 0.15) is 32.3 Å². The minimum Gasteiger partial charge on any atom is -0.294 e. The van der Waals surface area contributed by atoms with Gasteiger partial charge in [0.05, 0.1) is 10.0 Å². The molecule has 17 heavy (non-hydrogen) atoms. The lowest BCUT2D eigenvalue weighted by Crippen LogP contribution is -2.01. The van der Waals surface area contributed by atoms with Crippen molar-refractivity contribution >= 4 is 29.0 Å². The van der Waals surface area contributed by atoms with Gasteiger partial charge in [-0.2, -0.15) is 0 Å². The first kappa shape index (κ1) is 14.3. The Kier molecular flexibility index (Phi) is 5.73. The summed E-state index contributed by atoms with van der Waals surface area (Å²) in [7, 11) is 0. The van der Waals surface area contributed by atoms with E-state index in [1.165, 1.54) is 0 Å². The smallest absolute Gasteiger partial charge is 0.160 e. The molecule has 0 amide bonds. The van der Waals surface area contributed by atoms with Gasteiger partial charge in [0, 0.05) is 6.42 Å². The maximum Gasteiger partial charge on any atom is 0.160 e. The lowest BCUT2D eigenvalue weighted by atomic mass is 10.0. The fraction of sp³-hybridized carbons (Fsp3) is 0.357. The fourth-order valence-electron chi connectivity index (χ4n) is 1.61. The van der Waals surface area contributed by atoms with Gasteiger partial charge in [0.15, 0.2) is 5.78 Å². The number of carbonyl (C=O) groups excluding carboxylic acids is 1. The average Bonchev–Trinajstić information content (AvgIpc) is 2.32. The van der Waals surface area contributed by atoms with Crippen molar-refractivity contribution in [2.45, 2.75) is 33.1 Å². The predicted molar refractivity (Wildman–Crippen MR) is 73.8 cm³/mol. The van der Waals surface area contributed by atoms with Crippen LogP contribution < -0.4 is 0 Å². The van der Waals surface area contributed by atoms with E-state index < -0.39 is 0 Å². The topological polar surface area (TPSA) is 17.1 Å². The van der Waals surface area contributed by atoms with Crippen LogP contribution in [0.15, 0.2) is 29.8 Å². The summed E-state index contributed by atoms with van der Waals surface area (Å²) in [4.78, 5) is 11.8. The third-order valence-corrected chi connectivity index (χ3v) is 3.53. The molecule has 0 saturated heterocycles. The molecule has 0 saturated carbocycles. The zero-order valence-electron chi connectivity index (χ0n) is 10.1. The molecule has 0 aliphatic rings. The number of rotatable bonds is 5. The first-order valence-electron chi connectivity index (χ1n) is 5.73. The van der Waals surface area contributed by atoms with E-state index in [2.05, 4.69) is 13.8 Å². The molecule has 1 aromatic rings. The third kappa shape index (κ3) is 4.18. The average molecular weight is 271 g/mol. The van der Waals surface area contributed by atoms with Crippen molar-refractivity contribution in [1.29, 1.82) is 0 Å². The second-order valence-electron chi connectivity index (χ2n) is 3.87.